The fraction of sp³-hybridized carbons (Fsp3) is 1.00. The molecule has 3 aliphatic carbocycles. The molecule has 1 nitrogen and oxygen atoms in total. The predicted molar refractivity (Wildman–Crippen MR) is 61.0 cm³/mol. The summed E-state index contributed by atoms with van der Waals surface area (Å²) in [7, 11) is 7.08. The zero-order chi connectivity index (χ0) is 10.7. The van der Waals surface area contributed by atoms with Crippen LogP contribution in [-0.2, 0) is 0 Å². The highest BCUT2D eigenvalue weighted by Crippen LogP contribution is 2.62. The van der Waals surface area contributed by atoms with Crippen LogP contribution in [0.3, 0.4) is 0 Å². The smallest absolute Gasteiger partial charge is 0.0915 e. The predicted octanol–water partition coefficient (Wildman–Crippen LogP) is 2.76. The number of rotatable bonds is 1. The van der Waals surface area contributed by atoms with Gasteiger partial charge < -0.3 is 4.48 Å². The third-order valence-corrected chi connectivity index (χ3v) is 5.31. The van der Waals surface area contributed by atoms with Gasteiger partial charge in [-0.05, 0) is 23.7 Å². The number of fused-ring (bicyclic) bond motifs is 2. The molecule has 0 aromatic heterocycles. The first-order chi connectivity index (χ1) is 6.24. The van der Waals surface area contributed by atoms with Gasteiger partial charge in [-0.1, -0.05) is 20.8 Å². The summed E-state index contributed by atoms with van der Waals surface area (Å²) in [5.74, 6) is 2.91. The van der Waals surface area contributed by atoms with Crippen molar-refractivity contribution in [2.24, 2.45) is 23.2 Å². The molecule has 82 valence electrons. The molecule has 3 rings (SSSR count). The highest BCUT2D eigenvalue weighted by atomic mass is 15.3. The molecule has 0 radical (unpaired) electrons. The monoisotopic (exact) mass is 196 g/mol. The van der Waals surface area contributed by atoms with E-state index in [1.54, 1.807) is 0 Å². The summed E-state index contributed by atoms with van der Waals surface area (Å²) in [5, 5.41) is 0. The average Bonchev–Trinajstić information content (AvgIpc) is 2.01. The fourth-order valence-corrected chi connectivity index (χ4v) is 4.14. The Morgan fingerprint density at radius 3 is 2.00 bits per heavy atom. The van der Waals surface area contributed by atoms with Crippen molar-refractivity contribution < 1.29 is 4.48 Å². The third-order valence-electron chi connectivity index (χ3n) is 5.31. The van der Waals surface area contributed by atoms with Crippen LogP contribution in [0.2, 0.25) is 0 Å². The second-order valence-electron chi connectivity index (χ2n) is 7.14. The molecule has 3 fully saturated rings. The van der Waals surface area contributed by atoms with Gasteiger partial charge in [-0.15, -0.1) is 0 Å². The molecule has 4 atom stereocenters. The lowest BCUT2D eigenvalue weighted by atomic mass is 9.44. The molecule has 14 heavy (non-hydrogen) atoms. The maximum atomic E-state index is 2.48. The number of quaternary nitrogens is 1. The van der Waals surface area contributed by atoms with Crippen molar-refractivity contribution in [3.05, 3.63) is 0 Å². The maximum Gasteiger partial charge on any atom is 0.0915 e. The minimum atomic E-state index is 0.644. The molecule has 0 aromatic rings. The summed E-state index contributed by atoms with van der Waals surface area (Å²) >= 11 is 0. The van der Waals surface area contributed by atoms with Crippen LogP contribution in [0.15, 0.2) is 0 Å². The van der Waals surface area contributed by atoms with E-state index in [-0.39, 0.29) is 0 Å². The van der Waals surface area contributed by atoms with Crippen molar-refractivity contribution in [3.8, 4) is 0 Å². The summed E-state index contributed by atoms with van der Waals surface area (Å²) in [6.45, 7) is 7.44. The van der Waals surface area contributed by atoms with Gasteiger partial charge in [0.25, 0.3) is 0 Å². The van der Waals surface area contributed by atoms with Crippen molar-refractivity contribution in [1.82, 2.24) is 0 Å². The van der Waals surface area contributed by atoms with Crippen LogP contribution in [0.25, 0.3) is 0 Å². The Labute approximate surface area is 89.1 Å². The van der Waals surface area contributed by atoms with Crippen molar-refractivity contribution in [2.45, 2.75) is 39.7 Å². The van der Waals surface area contributed by atoms with E-state index in [0.717, 1.165) is 28.3 Å². The molecule has 0 heterocycles. The van der Waals surface area contributed by atoms with E-state index < -0.39 is 0 Å². The lowest BCUT2D eigenvalue weighted by Gasteiger charge is -2.63. The summed E-state index contributed by atoms with van der Waals surface area (Å²) in [5.41, 5.74) is 0.644. The second kappa shape index (κ2) is 2.75. The van der Waals surface area contributed by atoms with Crippen molar-refractivity contribution >= 4 is 0 Å². The van der Waals surface area contributed by atoms with Crippen LogP contribution >= 0.6 is 0 Å². The van der Waals surface area contributed by atoms with Crippen LogP contribution < -0.4 is 0 Å². The van der Waals surface area contributed by atoms with Crippen LogP contribution in [0.5, 0.6) is 0 Å². The Morgan fingerprint density at radius 1 is 1.07 bits per heavy atom. The third kappa shape index (κ3) is 1.25. The molecule has 0 spiro atoms. The van der Waals surface area contributed by atoms with E-state index in [1.807, 2.05) is 0 Å². The molecular weight excluding hydrogens is 170 g/mol. The highest BCUT2D eigenvalue weighted by Gasteiger charge is 2.59. The Bertz CT molecular complexity index is 236. The topological polar surface area (TPSA) is 0 Å². The van der Waals surface area contributed by atoms with Crippen molar-refractivity contribution in [2.75, 3.05) is 21.1 Å². The molecule has 2 bridgehead atoms. The van der Waals surface area contributed by atoms with Crippen LogP contribution in [0.4, 0.5) is 0 Å². The van der Waals surface area contributed by atoms with E-state index >= 15 is 0 Å². The van der Waals surface area contributed by atoms with E-state index in [1.165, 1.54) is 12.8 Å². The van der Waals surface area contributed by atoms with Crippen molar-refractivity contribution in [1.29, 1.82) is 0 Å². The molecule has 0 amide bonds. The van der Waals surface area contributed by atoms with E-state index in [0.29, 0.717) is 5.41 Å². The van der Waals surface area contributed by atoms with E-state index in [9.17, 15) is 0 Å². The van der Waals surface area contributed by atoms with Gasteiger partial charge in [0.15, 0.2) is 0 Å². The van der Waals surface area contributed by atoms with Gasteiger partial charge in [0.2, 0.25) is 0 Å². The lowest BCUT2D eigenvalue weighted by molar-refractivity contribution is -0.904. The van der Waals surface area contributed by atoms with Crippen LogP contribution in [-0.4, -0.2) is 31.7 Å². The van der Waals surface area contributed by atoms with Gasteiger partial charge in [0, 0.05) is 12.3 Å². The highest BCUT2D eigenvalue weighted by molar-refractivity contribution is 5.05. The summed E-state index contributed by atoms with van der Waals surface area (Å²) < 4.78 is 1.16. The Morgan fingerprint density at radius 2 is 1.64 bits per heavy atom. The second-order valence-corrected chi connectivity index (χ2v) is 7.14. The summed E-state index contributed by atoms with van der Waals surface area (Å²) in [4.78, 5) is 0. The number of nitrogens with zero attached hydrogens (tertiary/aromatic N) is 1. The molecular formula is C13H26N+. The SMILES string of the molecule is C[C@H]1[C@H]([N+](C)(C)C)C[C@@H]2C[C@@H]1C2(C)C. The first-order valence-corrected chi connectivity index (χ1v) is 6.05. The Balaban J connectivity index is 2.16. The quantitative estimate of drug-likeness (QED) is 0.566. The Hall–Kier alpha value is -0.0400. The molecule has 0 aliphatic heterocycles. The first kappa shape index (κ1) is 10.5. The van der Waals surface area contributed by atoms with Gasteiger partial charge in [-0.3, -0.25) is 0 Å². The first-order valence-electron chi connectivity index (χ1n) is 6.05. The molecule has 1 heteroatoms. The zero-order valence-electron chi connectivity index (χ0n) is 10.7. The van der Waals surface area contributed by atoms with Gasteiger partial charge in [-0.2, -0.15) is 0 Å². The van der Waals surface area contributed by atoms with Gasteiger partial charge in [0.1, 0.15) is 0 Å². The molecule has 3 aliphatic rings. The molecule has 0 N–H and O–H groups in total. The van der Waals surface area contributed by atoms with Gasteiger partial charge in [-0.25, -0.2) is 0 Å². The number of hydrogen-bond donors (Lipinski definition) is 0. The summed E-state index contributed by atoms with van der Waals surface area (Å²) in [6.07, 6.45) is 2.96. The largest absolute Gasteiger partial charge is 0.328 e. The zero-order valence-corrected chi connectivity index (χ0v) is 10.7. The Kier molecular flexibility index (Phi) is 2.06. The van der Waals surface area contributed by atoms with Crippen LogP contribution in [0.1, 0.15) is 33.6 Å². The molecule has 3 saturated carbocycles. The minimum Gasteiger partial charge on any atom is -0.328 e. The van der Waals surface area contributed by atoms with Gasteiger partial charge >= 0.3 is 0 Å². The summed E-state index contributed by atoms with van der Waals surface area (Å²) in [6, 6.07) is 0.895. The molecule has 0 aromatic carbocycles. The van der Waals surface area contributed by atoms with Gasteiger partial charge in [0.05, 0.1) is 27.2 Å². The normalized spacial score (nSPS) is 45.9. The molecule has 0 unspecified atom stereocenters. The molecule has 0 saturated heterocycles. The average molecular weight is 196 g/mol. The standard InChI is InChI=1S/C13H26N/c1-9-11-7-10(13(11,2)3)8-12(9)14(4,5)6/h9-12H,7-8H2,1-6H3/q+1/t9-,10+,11+,12-/m1/s1. The van der Waals surface area contributed by atoms with Crippen LogP contribution in [0, 0.1) is 23.2 Å². The minimum absolute atomic E-state index is 0.644. The lowest BCUT2D eigenvalue weighted by Crippen LogP contribution is -2.63. The number of hydrogen-bond acceptors (Lipinski definition) is 0. The van der Waals surface area contributed by atoms with E-state index in [4.69, 9.17) is 0 Å². The van der Waals surface area contributed by atoms with Crippen molar-refractivity contribution in [3.63, 3.8) is 0 Å². The van der Waals surface area contributed by atoms with E-state index in [2.05, 4.69) is 41.9 Å². The maximum absolute atomic E-state index is 2.48. The fourth-order valence-electron chi connectivity index (χ4n) is 4.14.